The molecule has 1 aliphatic heterocycles. The molecule has 1 aromatic heterocycles. The maximum absolute atomic E-state index is 13.1. The van der Waals surface area contributed by atoms with Crippen molar-refractivity contribution < 1.29 is 33.4 Å². The Morgan fingerprint density at radius 3 is 2.65 bits per heavy atom. The van der Waals surface area contributed by atoms with E-state index in [0.717, 1.165) is 4.90 Å². The van der Waals surface area contributed by atoms with Crippen LogP contribution in [0.5, 0.6) is 5.75 Å². The highest BCUT2D eigenvalue weighted by atomic mass is 35.5. The molecule has 0 spiro atoms. The lowest BCUT2D eigenvalue weighted by atomic mass is 10.1. The largest absolute Gasteiger partial charge is 0.545 e. The number of hydrogen-bond acceptors (Lipinski definition) is 7. The molecule has 1 N–H and O–H groups in total. The van der Waals surface area contributed by atoms with Crippen LogP contribution in [0.1, 0.15) is 23.0 Å². The number of nitrogens with zero attached hydrogens (tertiary/aromatic N) is 1. The Balaban J connectivity index is 1.64. The average Bonchev–Trinajstić information content (AvgIpc) is 3.25. The van der Waals surface area contributed by atoms with Crippen LogP contribution in [0.3, 0.4) is 0 Å². The number of benzene rings is 2. The molecular formula is C24H16ClN2O7-. The summed E-state index contributed by atoms with van der Waals surface area (Å²) in [6.07, 6.45) is 1.21. The van der Waals surface area contributed by atoms with E-state index >= 15 is 0 Å². The van der Waals surface area contributed by atoms with Gasteiger partial charge in [0.25, 0.3) is 11.8 Å². The molecule has 1 aliphatic rings. The monoisotopic (exact) mass is 479 g/mol. The molecule has 172 valence electrons. The standard InChI is InChI=1S/C24H17ClN2O7/c1-2-33-15-5-3-4-14(11-15)27-22(29)18(21(28)26-24(27)32)12-16-7-9-20(34-16)13-6-8-17(23(30)31)19(25)10-13/h3-12H,2H2,1H3,(H,30,31)(H,26,28,32)/p-1/b18-12+. The first-order valence-corrected chi connectivity index (χ1v) is 10.4. The number of carbonyl (C=O) groups excluding carboxylic acids is 4. The molecule has 1 fully saturated rings. The summed E-state index contributed by atoms with van der Waals surface area (Å²) in [5, 5.41) is 13.1. The molecule has 10 heteroatoms. The normalized spacial score (nSPS) is 14.9. The number of carbonyl (C=O) groups is 4. The van der Waals surface area contributed by atoms with E-state index in [1.54, 1.807) is 31.2 Å². The van der Waals surface area contributed by atoms with Crippen LogP contribution >= 0.6 is 11.6 Å². The fraction of sp³-hybridized carbons (Fsp3) is 0.0833. The van der Waals surface area contributed by atoms with Gasteiger partial charge in [-0.05, 0) is 43.3 Å². The minimum absolute atomic E-state index is 0.0286. The van der Waals surface area contributed by atoms with E-state index in [1.165, 1.54) is 36.4 Å². The molecule has 3 aromatic rings. The van der Waals surface area contributed by atoms with Gasteiger partial charge in [-0.3, -0.25) is 14.9 Å². The molecule has 34 heavy (non-hydrogen) atoms. The first-order valence-electron chi connectivity index (χ1n) is 10.0. The van der Waals surface area contributed by atoms with Crippen LogP contribution in [0.2, 0.25) is 5.02 Å². The van der Waals surface area contributed by atoms with Gasteiger partial charge in [0, 0.05) is 17.2 Å². The second-order valence-corrected chi connectivity index (χ2v) is 7.48. The van der Waals surface area contributed by atoms with Crippen LogP contribution in [-0.2, 0) is 9.59 Å². The van der Waals surface area contributed by atoms with E-state index in [-0.39, 0.29) is 27.6 Å². The first-order chi connectivity index (χ1) is 16.3. The van der Waals surface area contributed by atoms with Gasteiger partial charge in [-0.15, -0.1) is 0 Å². The predicted molar refractivity (Wildman–Crippen MR) is 120 cm³/mol. The molecule has 0 saturated carbocycles. The van der Waals surface area contributed by atoms with Gasteiger partial charge in [-0.25, -0.2) is 9.69 Å². The van der Waals surface area contributed by atoms with Crippen LogP contribution in [0, 0.1) is 0 Å². The third-order valence-corrected chi connectivity index (χ3v) is 5.19. The fourth-order valence-electron chi connectivity index (χ4n) is 3.33. The quantitative estimate of drug-likeness (QED) is 0.425. The summed E-state index contributed by atoms with van der Waals surface area (Å²) >= 11 is 5.98. The topological polar surface area (TPSA) is 129 Å². The zero-order chi connectivity index (χ0) is 24.4. The van der Waals surface area contributed by atoms with Gasteiger partial charge in [-0.1, -0.05) is 29.8 Å². The lowest BCUT2D eigenvalue weighted by molar-refractivity contribution is -0.255. The number of nitrogens with one attached hydrogen (secondary N) is 1. The molecule has 0 bridgehead atoms. The van der Waals surface area contributed by atoms with E-state index in [2.05, 4.69) is 5.32 Å². The van der Waals surface area contributed by atoms with Crippen molar-refractivity contribution in [2.75, 3.05) is 11.5 Å². The van der Waals surface area contributed by atoms with Gasteiger partial charge in [0.05, 0.1) is 23.3 Å². The number of rotatable bonds is 6. The van der Waals surface area contributed by atoms with Crippen molar-refractivity contribution in [3.8, 4) is 17.1 Å². The Morgan fingerprint density at radius 2 is 1.94 bits per heavy atom. The molecule has 4 amide bonds. The van der Waals surface area contributed by atoms with Crippen molar-refractivity contribution in [3.63, 3.8) is 0 Å². The predicted octanol–water partition coefficient (Wildman–Crippen LogP) is 3.03. The molecule has 0 unspecified atom stereocenters. The van der Waals surface area contributed by atoms with Crippen LogP contribution < -0.4 is 20.1 Å². The number of urea groups is 1. The number of barbiturate groups is 1. The van der Waals surface area contributed by atoms with Gasteiger partial charge in [0.2, 0.25) is 0 Å². The van der Waals surface area contributed by atoms with Crippen LogP contribution in [0.15, 0.2) is 64.6 Å². The van der Waals surface area contributed by atoms with Crippen LogP contribution in [0.25, 0.3) is 17.4 Å². The maximum Gasteiger partial charge on any atom is 0.335 e. The summed E-state index contributed by atoms with van der Waals surface area (Å²) in [7, 11) is 0. The molecule has 0 radical (unpaired) electrons. The van der Waals surface area contributed by atoms with E-state index in [9.17, 15) is 24.3 Å². The number of carboxylic acids is 1. The number of aromatic carboxylic acids is 1. The Labute approximate surface area is 198 Å². The van der Waals surface area contributed by atoms with Crippen molar-refractivity contribution in [1.29, 1.82) is 0 Å². The second-order valence-electron chi connectivity index (χ2n) is 7.07. The summed E-state index contributed by atoms with van der Waals surface area (Å²) < 4.78 is 11.1. The molecule has 2 aromatic carbocycles. The number of halogens is 1. The summed E-state index contributed by atoms with van der Waals surface area (Å²) in [5.41, 5.74) is 0.229. The number of furan rings is 1. The van der Waals surface area contributed by atoms with Gasteiger partial charge in [-0.2, -0.15) is 0 Å². The first kappa shape index (κ1) is 22.8. The third-order valence-electron chi connectivity index (χ3n) is 4.88. The molecular weight excluding hydrogens is 464 g/mol. The van der Waals surface area contributed by atoms with Crippen molar-refractivity contribution in [3.05, 3.63) is 76.5 Å². The zero-order valence-corrected chi connectivity index (χ0v) is 18.4. The Bertz CT molecular complexity index is 1360. The number of imide groups is 2. The number of amides is 4. The van der Waals surface area contributed by atoms with E-state index < -0.39 is 23.8 Å². The molecule has 2 heterocycles. The summed E-state index contributed by atoms with van der Waals surface area (Å²) in [6.45, 7) is 2.20. The molecule has 9 nitrogen and oxygen atoms in total. The lowest BCUT2D eigenvalue weighted by Crippen LogP contribution is -2.54. The highest BCUT2D eigenvalue weighted by Crippen LogP contribution is 2.29. The van der Waals surface area contributed by atoms with Crippen LogP contribution in [-0.4, -0.2) is 30.4 Å². The SMILES string of the molecule is CCOc1cccc(N2C(=O)NC(=O)/C(=C\c3ccc(-c4ccc(C(=O)[O-])c(Cl)c4)o3)C2=O)c1. The van der Waals surface area contributed by atoms with E-state index in [4.69, 9.17) is 20.8 Å². The maximum atomic E-state index is 13.1. The number of ether oxygens (including phenoxy) is 1. The van der Waals surface area contributed by atoms with Gasteiger partial charge >= 0.3 is 6.03 Å². The Kier molecular flexibility index (Phi) is 6.20. The summed E-state index contributed by atoms with van der Waals surface area (Å²) in [4.78, 5) is 49.7. The Hall–Kier alpha value is -4.37. The van der Waals surface area contributed by atoms with Gasteiger partial charge in [0.1, 0.15) is 22.8 Å². The number of hydrogen-bond donors (Lipinski definition) is 1. The van der Waals surface area contributed by atoms with Gasteiger partial charge in [0.15, 0.2) is 0 Å². The van der Waals surface area contributed by atoms with Crippen molar-refractivity contribution >= 4 is 47.2 Å². The van der Waals surface area contributed by atoms with Crippen molar-refractivity contribution in [1.82, 2.24) is 5.32 Å². The van der Waals surface area contributed by atoms with Crippen LogP contribution in [0.4, 0.5) is 10.5 Å². The highest BCUT2D eigenvalue weighted by Gasteiger charge is 2.37. The average molecular weight is 480 g/mol. The molecule has 4 rings (SSSR count). The second kappa shape index (κ2) is 9.24. The van der Waals surface area contributed by atoms with Crippen molar-refractivity contribution in [2.45, 2.75) is 6.92 Å². The number of anilines is 1. The summed E-state index contributed by atoms with van der Waals surface area (Å²) in [6, 6.07) is 12.7. The smallest absolute Gasteiger partial charge is 0.335 e. The minimum Gasteiger partial charge on any atom is -0.545 e. The van der Waals surface area contributed by atoms with Gasteiger partial charge < -0.3 is 19.1 Å². The highest BCUT2D eigenvalue weighted by molar-refractivity contribution is 6.39. The Morgan fingerprint density at radius 1 is 1.15 bits per heavy atom. The number of carboxylic acid groups (broad SMARTS) is 1. The third kappa shape index (κ3) is 4.41. The molecule has 0 aliphatic carbocycles. The van der Waals surface area contributed by atoms with E-state index in [1.807, 2.05) is 0 Å². The summed E-state index contributed by atoms with van der Waals surface area (Å²) in [5.74, 6) is -2.17. The minimum atomic E-state index is -1.41. The fourth-order valence-corrected chi connectivity index (χ4v) is 3.59. The molecule has 1 saturated heterocycles. The lowest BCUT2D eigenvalue weighted by Gasteiger charge is -2.26. The van der Waals surface area contributed by atoms with Crippen molar-refractivity contribution in [2.24, 2.45) is 0 Å². The zero-order valence-electron chi connectivity index (χ0n) is 17.7. The molecule has 0 atom stereocenters. The van der Waals surface area contributed by atoms with E-state index in [0.29, 0.717) is 23.7 Å².